The molecule has 0 bridgehead atoms. The van der Waals surface area contributed by atoms with E-state index in [4.69, 9.17) is 4.74 Å². The van der Waals surface area contributed by atoms with Crippen molar-refractivity contribution in [2.24, 2.45) is 4.99 Å². The number of nitrogens with zero attached hydrogens (tertiary/aromatic N) is 3. The number of hydrogen-bond acceptors (Lipinski definition) is 7. The van der Waals surface area contributed by atoms with Crippen LogP contribution < -0.4 is 4.80 Å². The van der Waals surface area contributed by atoms with Crippen LogP contribution in [-0.2, 0) is 16.1 Å². The van der Waals surface area contributed by atoms with E-state index >= 15 is 0 Å². The van der Waals surface area contributed by atoms with Crippen molar-refractivity contribution in [3.63, 3.8) is 0 Å². The van der Waals surface area contributed by atoms with Crippen molar-refractivity contribution < 1.29 is 24.0 Å². The number of ketones is 1. The zero-order valence-electron chi connectivity index (χ0n) is 15.4. The van der Waals surface area contributed by atoms with Gasteiger partial charge in [-0.25, -0.2) is 0 Å². The number of methoxy groups -OCH3 is 1. The van der Waals surface area contributed by atoms with Crippen LogP contribution in [0.5, 0.6) is 0 Å². The molecule has 0 N–H and O–H groups in total. The highest BCUT2D eigenvalue weighted by molar-refractivity contribution is 7.16. The maximum atomic E-state index is 12.6. The van der Waals surface area contributed by atoms with Crippen LogP contribution in [0.3, 0.4) is 0 Å². The Bertz CT molecular complexity index is 1210. The molecule has 29 heavy (non-hydrogen) atoms. The normalized spacial score (nSPS) is 11.4. The lowest BCUT2D eigenvalue weighted by molar-refractivity contribution is -0.384. The molecule has 2 aromatic carbocycles. The van der Waals surface area contributed by atoms with Crippen LogP contribution in [-0.4, -0.2) is 34.3 Å². The number of carbonyl (C=O) groups excluding carboxylic acids is 3. The Morgan fingerprint density at radius 3 is 2.38 bits per heavy atom. The number of nitro groups is 1. The molecule has 0 saturated carbocycles. The number of ether oxygens (including phenoxy) is 1. The van der Waals surface area contributed by atoms with E-state index in [1.54, 1.807) is 0 Å². The van der Waals surface area contributed by atoms with Gasteiger partial charge < -0.3 is 9.30 Å². The number of non-ortho nitro benzene ring substituents is 1. The minimum atomic E-state index is -0.570. The second kappa shape index (κ2) is 8.15. The molecule has 1 amide bonds. The van der Waals surface area contributed by atoms with Crippen molar-refractivity contribution in [2.45, 2.75) is 13.5 Å². The van der Waals surface area contributed by atoms with Crippen LogP contribution in [0.15, 0.2) is 47.5 Å². The Labute approximate surface area is 168 Å². The van der Waals surface area contributed by atoms with Crippen molar-refractivity contribution in [2.75, 3.05) is 7.11 Å². The number of carbonyl (C=O) groups is 3. The standard InChI is InChI=1S/C19H15N3O6S/c1-11(23)12-3-5-13(6-4-12)18(25)20-19-21(10-17(24)28-2)15-8-7-14(22(26)27)9-16(15)29-19/h3-9H,10H2,1-2H3. The molecule has 1 aromatic heterocycles. The Kier molecular flexibility index (Phi) is 5.64. The summed E-state index contributed by atoms with van der Waals surface area (Å²) in [5.41, 5.74) is 1.14. The maximum absolute atomic E-state index is 12.6. The molecule has 0 aliphatic rings. The van der Waals surface area contributed by atoms with Crippen molar-refractivity contribution >= 4 is 44.9 Å². The van der Waals surface area contributed by atoms with E-state index in [2.05, 4.69) is 4.99 Å². The summed E-state index contributed by atoms with van der Waals surface area (Å²) in [5, 5.41) is 11.0. The number of thiazole rings is 1. The third kappa shape index (κ3) is 4.27. The number of benzene rings is 2. The van der Waals surface area contributed by atoms with E-state index in [1.807, 2.05) is 0 Å². The molecular formula is C19H15N3O6S. The lowest BCUT2D eigenvalue weighted by Crippen LogP contribution is -2.22. The molecule has 0 aliphatic heterocycles. The van der Waals surface area contributed by atoms with Crippen molar-refractivity contribution in [3.8, 4) is 0 Å². The number of esters is 1. The van der Waals surface area contributed by atoms with Crippen LogP contribution in [0, 0.1) is 10.1 Å². The van der Waals surface area contributed by atoms with E-state index in [-0.39, 0.29) is 28.4 Å². The Hall–Kier alpha value is -3.66. The monoisotopic (exact) mass is 413 g/mol. The Morgan fingerprint density at radius 1 is 1.14 bits per heavy atom. The van der Waals surface area contributed by atoms with Gasteiger partial charge in [0.05, 0.1) is 22.2 Å². The summed E-state index contributed by atoms with van der Waals surface area (Å²) < 4.78 is 6.66. The fourth-order valence-corrected chi connectivity index (χ4v) is 3.67. The zero-order valence-corrected chi connectivity index (χ0v) is 16.3. The van der Waals surface area contributed by atoms with Gasteiger partial charge in [0.2, 0.25) is 0 Å². The molecule has 0 unspecified atom stereocenters. The number of rotatable bonds is 5. The van der Waals surface area contributed by atoms with Gasteiger partial charge in [-0.15, -0.1) is 0 Å². The van der Waals surface area contributed by atoms with E-state index in [0.29, 0.717) is 15.8 Å². The minimum Gasteiger partial charge on any atom is -0.468 e. The molecule has 1 heterocycles. The highest BCUT2D eigenvalue weighted by atomic mass is 32.1. The van der Waals surface area contributed by atoms with Crippen LogP contribution in [0.25, 0.3) is 10.2 Å². The molecule has 0 aliphatic carbocycles. The minimum absolute atomic E-state index is 0.110. The largest absolute Gasteiger partial charge is 0.468 e. The number of aromatic nitrogens is 1. The molecule has 3 rings (SSSR count). The summed E-state index contributed by atoms with van der Waals surface area (Å²) in [6.07, 6.45) is 0. The molecule has 0 saturated heterocycles. The second-order valence-electron chi connectivity index (χ2n) is 6.01. The first-order valence-electron chi connectivity index (χ1n) is 8.35. The van der Waals surface area contributed by atoms with Crippen LogP contribution in [0.2, 0.25) is 0 Å². The van der Waals surface area contributed by atoms with Gasteiger partial charge in [0.1, 0.15) is 6.54 Å². The van der Waals surface area contributed by atoms with Crippen LogP contribution >= 0.6 is 11.3 Å². The second-order valence-corrected chi connectivity index (χ2v) is 7.02. The van der Waals surface area contributed by atoms with Crippen molar-refractivity contribution in [1.29, 1.82) is 0 Å². The molecule has 0 atom stereocenters. The van der Waals surface area contributed by atoms with Gasteiger partial charge in [-0.05, 0) is 25.1 Å². The topological polar surface area (TPSA) is 121 Å². The van der Waals surface area contributed by atoms with Gasteiger partial charge in [-0.3, -0.25) is 24.5 Å². The highest BCUT2D eigenvalue weighted by Gasteiger charge is 2.15. The maximum Gasteiger partial charge on any atom is 0.325 e. The number of Topliss-reactive ketones (excluding diaryl/α,β-unsaturated/α-hetero) is 1. The molecule has 3 aromatic rings. The van der Waals surface area contributed by atoms with E-state index < -0.39 is 16.8 Å². The lowest BCUT2D eigenvalue weighted by atomic mass is 10.1. The molecule has 10 heteroatoms. The highest BCUT2D eigenvalue weighted by Crippen LogP contribution is 2.23. The van der Waals surface area contributed by atoms with Gasteiger partial charge in [-0.1, -0.05) is 23.5 Å². The average Bonchev–Trinajstić information content (AvgIpc) is 3.03. The smallest absolute Gasteiger partial charge is 0.325 e. The number of hydrogen-bond donors (Lipinski definition) is 0. The van der Waals surface area contributed by atoms with Gasteiger partial charge in [-0.2, -0.15) is 4.99 Å². The Balaban J connectivity index is 2.11. The fourth-order valence-electron chi connectivity index (χ4n) is 2.61. The van der Waals surface area contributed by atoms with Gasteiger partial charge in [0.25, 0.3) is 11.6 Å². The van der Waals surface area contributed by atoms with Gasteiger partial charge >= 0.3 is 5.97 Å². The Morgan fingerprint density at radius 2 is 1.79 bits per heavy atom. The lowest BCUT2D eigenvalue weighted by Gasteiger charge is -2.03. The van der Waals surface area contributed by atoms with Crippen LogP contribution in [0.4, 0.5) is 5.69 Å². The van der Waals surface area contributed by atoms with E-state index in [1.165, 1.54) is 61.1 Å². The first kappa shape index (κ1) is 20.1. The summed E-state index contributed by atoms with van der Waals surface area (Å²) in [6.45, 7) is 1.22. The number of nitro benzene ring substituents is 1. The summed E-state index contributed by atoms with van der Waals surface area (Å²) >= 11 is 1.05. The number of amides is 1. The third-order valence-corrected chi connectivity index (χ3v) is 5.17. The first-order valence-corrected chi connectivity index (χ1v) is 9.16. The third-order valence-electron chi connectivity index (χ3n) is 4.13. The van der Waals surface area contributed by atoms with Crippen molar-refractivity contribution in [3.05, 3.63) is 68.5 Å². The van der Waals surface area contributed by atoms with E-state index in [9.17, 15) is 24.5 Å². The van der Waals surface area contributed by atoms with E-state index in [0.717, 1.165) is 11.3 Å². The molecular weight excluding hydrogens is 398 g/mol. The summed E-state index contributed by atoms with van der Waals surface area (Å²) in [4.78, 5) is 50.5. The molecule has 9 nitrogen and oxygen atoms in total. The fraction of sp³-hybridized carbons (Fsp3) is 0.158. The van der Waals surface area contributed by atoms with Crippen LogP contribution in [0.1, 0.15) is 27.6 Å². The quantitative estimate of drug-likeness (QED) is 0.274. The van der Waals surface area contributed by atoms with Gasteiger partial charge in [0.15, 0.2) is 10.6 Å². The van der Waals surface area contributed by atoms with Gasteiger partial charge in [0, 0.05) is 23.3 Å². The first-order chi connectivity index (χ1) is 13.8. The van der Waals surface area contributed by atoms with Crippen molar-refractivity contribution in [1.82, 2.24) is 4.57 Å². The summed E-state index contributed by atoms with van der Waals surface area (Å²) in [6, 6.07) is 10.2. The molecule has 148 valence electrons. The molecule has 0 spiro atoms. The molecule has 0 radical (unpaired) electrons. The molecule has 0 fully saturated rings. The average molecular weight is 413 g/mol. The SMILES string of the molecule is COC(=O)Cn1c(=NC(=O)c2ccc(C(C)=O)cc2)sc2cc([N+](=O)[O-])ccc21. The summed E-state index contributed by atoms with van der Waals surface area (Å²) in [7, 11) is 1.24. The predicted octanol–water partition coefficient (Wildman–Crippen LogP) is 2.73. The number of fused-ring (bicyclic) bond motifs is 1. The zero-order chi connectivity index (χ0) is 21.1. The predicted molar refractivity (Wildman–Crippen MR) is 105 cm³/mol. The summed E-state index contributed by atoms with van der Waals surface area (Å²) in [5.74, 6) is -1.24.